The predicted molar refractivity (Wildman–Crippen MR) is 269 cm³/mol. The predicted octanol–water partition coefficient (Wildman–Crippen LogP) is 17.1. The van der Waals surface area contributed by atoms with E-state index in [0.29, 0.717) is 25.9 Å². The molecule has 0 spiro atoms. The van der Waals surface area contributed by atoms with E-state index in [1.165, 1.54) is 238 Å². The first-order chi connectivity index (χ1) is 30.5. The van der Waals surface area contributed by atoms with Crippen molar-refractivity contribution in [1.82, 2.24) is 5.32 Å². The molecule has 0 radical (unpaired) electrons. The van der Waals surface area contributed by atoms with Gasteiger partial charge in [-0.3, -0.25) is 9.59 Å². The first-order valence-electron chi connectivity index (χ1n) is 28.3. The van der Waals surface area contributed by atoms with Crippen molar-refractivity contribution < 1.29 is 24.5 Å². The molecule has 6 heteroatoms. The number of carbonyl (C=O) groups excluding carboxylic acids is 2. The number of unbranched alkanes of at least 4 members (excludes halogenated alkanes) is 42. The van der Waals surface area contributed by atoms with Gasteiger partial charge in [0.05, 0.1) is 25.4 Å². The molecule has 0 aromatic carbocycles. The Morgan fingerprint density at radius 1 is 0.387 bits per heavy atom. The molecule has 0 heterocycles. The summed E-state index contributed by atoms with van der Waals surface area (Å²) in [6.45, 7) is 4.95. The number of ether oxygens (including phenoxy) is 1. The van der Waals surface area contributed by atoms with Gasteiger partial charge in [0, 0.05) is 12.8 Å². The largest absolute Gasteiger partial charge is 0.466 e. The van der Waals surface area contributed by atoms with Crippen LogP contribution in [0.1, 0.15) is 322 Å². The zero-order chi connectivity index (χ0) is 45.1. The van der Waals surface area contributed by atoms with Crippen LogP contribution in [0.5, 0.6) is 0 Å². The Kier molecular flexibility index (Phi) is 51.5. The van der Waals surface area contributed by atoms with Crippen LogP contribution in [-0.2, 0) is 14.3 Å². The minimum Gasteiger partial charge on any atom is -0.466 e. The number of aliphatic hydroxyl groups is 2. The second kappa shape index (κ2) is 52.5. The molecule has 0 saturated carbocycles. The van der Waals surface area contributed by atoms with Gasteiger partial charge in [0.1, 0.15) is 0 Å². The molecule has 0 aliphatic heterocycles. The standard InChI is InChI=1S/C56H111NO5/c1-3-5-7-9-11-13-15-16-17-18-19-20-21-22-25-29-32-36-40-44-48-54(59)53(52-58)57-55(60)49-45-41-37-33-30-26-23-24-27-31-35-39-43-47-51-62-56(61)50-46-42-38-34-28-14-12-10-8-6-4-2/h53-54,58-59H,3-52H2,1-2H3,(H,57,60). The summed E-state index contributed by atoms with van der Waals surface area (Å²) in [5.41, 5.74) is 0. The van der Waals surface area contributed by atoms with Gasteiger partial charge in [-0.1, -0.05) is 284 Å². The van der Waals surface area contributed by atoms with Crippen LogP contribution in [0, 0.1) is 0 Å². The van der Waals surface area contributed by atoms with Crippen LogP contribution in [0.15, 0.2) is 0 Å². The summed E-state index contributed by atoms with van der Waals surface area (Å²) in [5.74, 6) is -0.0430. The van der Waals surface area contributed by atoms with E-state index in [9.17, 15) is 19.8 Å². The summed E-state index contributed by atoms with van der Waals surface area (Å²) in [6.07, 6.45) is 59.4. The zero-order valence-corrected chi connectivity index (χ0v) is 42.1. The maximum absolute atomic E-state index is 12.5. The van der Waals surface area contributed by atoms with Crippen molar-refractivity contribution in [2.75, 3.05) is 13.2 Å². The highest BCUT2D eigenvalue weighted by atomic mass is 16.5. The minimum atomic E-state index is -0.670. The van der Waals surface area contributed by atoms with Gasteiger partial charge >= 0.3 is 5.97 Å². The summed E-state index contributed by atoms with van der Waals surface area (Å²) in [6, 6.07) is -0.548. The first kappa shape index (κ1) is 60.9. The Hall–Kier alpha value is -1.14. The van der Waals surface area contributed by atoms with Crippen molar-refractivity contribution in [1.29, 1.82) is 0 Å². The lowest BCUT2D eigenvalue weighted by molar-refractivity contribution is -0.143. The lowest BCUT2D eigenvalue weighted by atomic mass is 10.0. The molecule has 6 nitrogen and oxygen atoms in total. The van der Waals surface area contributed by atoms with Gasteiger partial charge in [-0.25, -0.2) is 0 Å². The molecule has 0 aliphatic rings. The Balaban J connectivity index is 3.43. The summed E-state index contributed by atoms with van der Waals surface area (Å²) >= 11 is 0. The second-order valence-electron chi connectivity index (χ2n) is 19.6. The maximum Gasteiger partial charge on any atom is 0.305 e. The van der Waals surface area contributed by atoms with Crippen LogP contribution in [0.25, 0.3) is 0 Å². The molecule has 0 aliphatic carbocycles. The molecule has 2 unspecified atom stereocenters. The number of carbonyl (C=O) groups is 2. The SMILES string of the molecule is CCCCCCCCCCCCCCCCCCCCCCC(O)C(CO)NC(=O)CCCCCCCCCCCCCCCCOC(=O)CCCCCCCCCCCCC. The summed E-state index contributed by atoms with van der Waals surface area (Å²) in [7, 11) is 0. The Labute approximate surface area is 387 Å². The van der Waals surface area contributed by atoms with Gasteiger partial charge < -0.3 is 20.3 Å². The summed E-state index contributed by atoms with van der Waals surface area (Å²) in [4.78, 5) is 24.5. The maximum atomic E-state index is 12.5. The van der Waals surface area contributed by atoms with Crippen LogP contribution in [0.2, 0.25) is 0 Å². The monoisotopic (exact) mass is 878 g/mol. The Morgan fingerprint density at radius 3 is 0.984 bits per heavy atom. The number of hydrogen-bond donors (Lipinski definition) is 3. The van der Waals surface area contributed by atoms with E-state index in [-0.39, 0.29) is 18.5 Å². The molecule has 0 rings (SSSR count). The second-order valence-corrected chi connectivity index (χ2v) is 19.6. The molecular weight excluding hydrogens is 767 g/mol. The van der Waals surface area contributed by atoms with E-state index in [4.69, 9.17) is 4.74 Å². The van der Waals surface area contributed by atoms with Crippen LogP contribution < -0.4 is 5.32 Å². The number of esters is 1. The van der Waals surface area contributed by atoms with E-state index in [2.05, 4.69) is 19.2 Å². The molecule has 0 fully saturated rings. The van der Waals surface area contributed by atoms with Gasteiger partial charge in [-0.2, -0.15) is 0 Å². The normalized spacial score (nSPS) is 12.5. The van der Waals surface area contributed by atoms with E-state index < -0.39 is 12.1 Å². The average Bonchev–Trinajstić information content (AvgIpc) is 3.27. The zero-order valence-electron chi connectivity index (χ0n) is 42.1. The van der Waals surface area contributed by atoms with E-state index in [1.54, 1.807) is 0 Å². The number of rotatable bonds is 53. The lowest BCUT2D eigenvalue weighted by Gasteiger charge is -2.22. The van der Waals surface area contributed by atoms with Crippen molar-refractivity contribution in [3.63, 3.8) is 0 Å². The fourth-order valence-corrected chi connectivity index (χ4v) is 9.05. The molecule has 0 bridgehead atoms. The molecule has 2 atom stereocenters. The van der Waals surface area contributed by atoms with Crippen LogP contribution in [-0.4, -0.2) is 47.4 Å². The third-order valence-corrected chi connectivity index (χ3v) is 13.4. The van der Waals surface area contributed by atoms with Crippen molar-refractivity contribution in [2.24, 2.45) is 0 Å². The molecule has 0 saturated heterocycles. The Morgan fingerprint density at radius 2 is 0.661 bits per heavy atom. The molecule has 370 valence electrons. The third-order valence-electron chi connectivity index (χ3n) is 13.4. The average molecular weight is 879 g/mol. The fraction of sp³-hybridized carbons (Fsp3) is 0.964. The molecule has 0 aromatic rings. The summed E-state index contributed by atoms with van der Waals surface area (Å²) in [5, 5.41) is 23.3. The lowest BCUT2D eigenvalue weighted by Crippen LogP contribution is -2.45. The summed E-state index contributed by atoms with van der Waals surface area (Å²) < 4.78 is 5.45. The quantitative estimate of drug-likeness (QED) is 0.0418. The van der Waals surface area contributed by atoms with Crippen molar-refractivity contribution in [2.45, 2.75) is 334 Å². The van der Waals surface area contributed by atoms with E-state index in [0.717, 1.165) is 51.4 Å². The van der Waals surface area contributed by atoms with E-state index in [1.807, 2.05) is 0 Å². The smallest absolute Gasteiger partial charge is 0.305 e. The topological polar surface area (TPSA) is 95.9 Å². The fourth-order valence-electron chi connectivity index (χ4n) is 9.05. The number of amides is 1. The van der Waals surface area contributed by atoms with Crippen LogP contribution in [0.4, 0.5) is 0 Å². The number of aliphatic hydroxyl groups excluding tert-OH is 2. The molecule has 0 aromatic heterocycles. The van der Waals surface area contributed by atoms with Gasteiger partial charge in [0.15, 0.2) is 0 Å². The Bertz CT molecular complexity index is 882. The number of nitrogens with one attached hydrogen (secondary N) is 1. The van der Waals surface area contributed by atoms with Crippen molar-refractivity contribution >= 4 is 11.9 Å². The first-order valence-corrected chi connectivity index (χ1v) is 28.3. The van der Waals surface area contributed by atoms with Gasteiger partial charge in [-0.05, 0) is 25.7 Å². The highest BCUT2D eigenvalue weighted by molar-refractivity contribution is 5.76. The van der Waals surface area contributed by atoms with Crippen molar-refractivity contribution in [3.8, 4) is 0 Å². The minimum absolute atomic E-state index is 0.00134. The molecule has 1 amide bonds. The van der Waals surface area contributed by atoms with E-state index >= 15 is 0 Å². The molecular formula is C56H111NO5. The van der Waals surface area contributed by atoms with Gasteiger partial charge in [0.25, 0.3) is 0 Å². The highest BCUT2D eigenvalue weighted by Gasteiger charge is 2.20. The molecule has 62 heavy (non-hydrogen) atoms. The third kappa shape index (κ3) is 48.3. The van der Waals surface area contributed by atoms with Gasteiger partial charge in [-0.15, -0.1) is 0 Å². The number of hydrogen-bond acceptors (Lipinski definition) is 5. The van der Waals surface area contributed by atoms with Crippen LogP contribution >= 0.6 is 0 Å². The molecule has 3 N–H and O–H groups in total. The van der Waals surface area contributed by atoms with Crippen LogP contribution in [0.3, 0.4) is 0 Å². The van der Waals surface area contributed by atoms with Gasteiger partial charge in [0.2, 0.25) is 5.91 Å². The van der Waals surface area contributed by atoms with Crippen molar-refractivity contribution in [3.05, 3.63) is 0 Å². The highest BCUT2D eigenvalue weighted by Crippen LogP contribution is 2.18.